The minimum Gasteiger partial charge on any atom is -0.367 e. The number of alkyl halides is 3. The second-order valence-corrected chi connectivity index (χ2v) is 8.15. The lowest BCUT2D eigenvalue weighted by molar-refractivity contribution is -0.145. The lowest BCUT2D eigenvalue weighted by atomic mass is 10.0. The number of rotatable bonds is 7. The minimum absolute atomic E-state index is 0.101. The van der Waals surface area contributed by atoms with Crippen LogP contribution in [0.4, 0.5) is 30.6 Å². The Morgan fingerprint density at radius 2 is 1.94 bits per heavy atom. The van der Waals surface area contributed by atoms with Crippen LogP contribution in [0.2, 0.25) is 0 Å². The van der Waals surface area contributed by atoms with Gasteiger partial charge in [-0.05, 0) is 52.0 Å². The number of anilines is 3. The third-order valence-corrected chi connectivity index (χ3v) is 5.38. The number of amides is 1. The van der Waals surface area contributed by atoms with E-state index in [4.69, 9.17) is 0 Å². The maximum absolute atomic E-state index is 12.7. The van der Waals surface area contributed by atoms with Crippen molar-refractivity contribution in [2.24, 2.45) is 0 Å². The van der Waals surface area contributed by atoms with E-state index in [0.717, 1.165) is 16.8 Å². The van der Waals surface area contributed by atoms with Gasteiger partial charge in [0.2, 0.25) is 11.9 Å². The molecule has 0 bridgehead atoms. The van der Waals surface area contributed by atoms with Gasteiger partial charge in [0, 0.05) is 45.0 Å². The van der Waals surface area contributed by atoms with Crippen LogP contribution in [-0.4, -0.2) is 59.7 Å². The zero-order chi connectivity index (χ0) is 22.4. The molecule has 11 heteroatoms. The van der Waals surface area contributed by atoms with Crippen molar-refractivity contribution in [2.75, 3.05) is 43.4 Å². The number of benzene rings is 1. The highest BCUT2D eigenvalue weighted by atomic mass is 79.9. The fourth-order valence-electron chi connectivity index (χ4n) is 3.36. The second kappa shape index (κ2) is 10.3. The highest BCUT2D eigenvalue weighted by Crippen LogP contribution is 2.25. The molecular weight excluding hydrogens is 477 g/mol. The zero-order valence-corrected chi connectivity index (χ0v) is 18.6. The maximum atomic E-state index is 12.7. The topological polar surface area (TPSA) is 82.2 Å². The van der Waals surface area contributed by atoms with Gasteiger partial charge >= 0.3 is 6.18 Å². The summed E-state index contributed by atoms with van der Waals surface area (Å²) < 4.78 is 38.8. The molecule has 0 saturated heterocycles. The molecule has 0 spiro atoms. The first-order chi connectivity index (χ1) is 14.7. The Kier molecular flexibility index (Phi) is 7.71. The molecule has 1 amide bonds. The predicted molar refractivity (Wildman–Crippen MR) is 117 cm³/mol. The summed E-state index contributed by atoms with van der Waals surface area (Å²) in [6.45, 7) is 2.30. The molecule has 0 unspecified atom stereocenters. The van der Waals surface area contributed by atoms with Gasteiger partial charge in [0.1, 0.15) is 5.82 Å². The molecule has 1 aliphatic rings. The Morgan fingerprint density at radius 1 is 1.19 bits per heavy atom. The molecule has 0 atom stereocenters. The number of hydrogen-bond acceptors (Lipinski definition) is 6. The van der Waals surface area contributed by atoms with Gasteiger partial charge in [0.25, 0.3) is 0 Å². The van der Waals surface area contributed by atoms with Crippen molar-refractivity contribution in [1.82, 2.24) is 20.2 Å². The largest absolute Gasteiger partial charge is 0.401 e. The quantitative estimate of drug-likeness (QED) is 0.504. The summed E-state index contributed by atoms with van der Waals surface area (Å²) in [5, 5.41) is 8.98. The van der Waals surface area contributed by atoms with Crippen LogP contribution >= 0.6 is 15.9 Å². The Balaban J connectivity index is 1.64. The van der Waals surface area contributed by atoms with Gasteiger partial charge in [0.05, 0.1) is 11.0 Å². The summed E-state index contributed by atoms with van der Waals surface area (Å²) in [5.74, 6) is 0.869. The number of hydrogen-bond donors (Lipinski definition) is 3. The van der Waals surface area contributed by atoms with E-state index in [1.54, 1.807) is 6.20 Å². The Hall–Kier alpha value is -2.40. The van der Waals surface area contributed by atoms with Crippen molar-refractivity contribution >= 4 is 39.3 Å². The first kappa shape index (κ1) is 23.3. The molecule has 2 aromatic rings. The van der Waals surface area contributed by atoms with Gasteiger partial charge in [-0.25, -0.2) is 4.98 Å². The highest BCUT2D eigenvalue weighted by Gasteiger charge is 2.31. The average Bonchev–Trinajstić information content (AvgIpc) is 2.88. The number of aromatic nitrogens is 2. The van der Waals surface area contributed by atoms with E-state index in [1.165, 1.54) is 11.8 Å². The van der Waals surface area contributed by atoms with E-state index in [0.29, 0.717) is 55.3 Å². The molecule has 7 nitrogen and oxygen atoms in total. The van der Waals surface area contributed by atoms with E-state index < -0.39 is 12.7 Å². The number of nitrogens with one attached hydrogen (secondary N) is 3. The van der Waals surface area contributed by atoms with E-state index in [-0.39, 0.29) is 5.91 Å². The van der Waals surface area contributed by atoms with Crippen LogP contribution in [-0.2, 0) is 17.6 Å². The second-order valence-electron chi connectivity index (χ2n) is 7.30. The summed E-state index contributed by atoms with van der Waals surface area (Å²) >= 11 is 3.39. The van der Waals surface area contributed by atoms with Crippen LogP contribution < -0.4 is 16.0 Å². The van der Waals surface area contributed by atoms with Crippen LogP contribution in [0.1, 0.15) is 18.1 Å². The zero-order valence-electron chi connectivity index (χ0n) is 17.0. The molecule has 0 aliphatic carbocycles. The van der Waals surface area contributed by atoms with E-state index in [2.05, 4.69) is 41.8 Å². The van der Waals surface area contributed by atoms with Crippen molar-refractivity contribution in [3.8, 4) is 0 Å². The average molecular weight is 501 g/mol. The third-order valence-electron chi connectivity index (χ3n) is 4.80. The van der Waals surface area contributed by atoms with Crippen molar-refractivity contribution in [3.05, 3.63) is 40.0 Å². The molecule has 31 heavy (non-hydrogen) atoms. The first-order valence-electron chi connectivity index (χ1n) is 9.88. The van der Waals surface area contributed by atoms with Crippen molar-refractivity contribution < 1.29 is 18.0 Å². The summed E-state index contributed by atoms with van der Waals surface area (Å²) in [6, 6.07) is 5.77. The number of carbonyl (C=O) groups is 1. The fraction of sp³-hybridized carbons (Fsp3) is 0.450. The normalized spacial score (nSPS) is 14.5. The smallest absolute Gasteiger partial charge is 0.367 e. The van der Waals surface area contributed by atoms with E-state index in [9.17, 15) is 18.0 Å². The molecule has 2 heterocycles. The highest BCUT2D eigenvalue weighted by molar-refractivity contribution is 9.10. The molecule has 3 N–H and O–H groups in total. The van der Waals surface area contributed by atoms with Gasteiger partial charge in [-0.15, -0.1) is 0 Å². The van der Waals surface area contributed by atoms with Crippen LogP contribution in [0.15, 0.2) is 28.9 Å². The summed E-state index contributed by atoms with van der Waals surface area (Å²) in [6.07, 6.45) is -1.43. The van der Waals surface area contributed by atoms with Crippen LogP contribution in [0, 0.1) is 0 Å². The third kappa shape index (κ3) is 7.35. The number of halogens is 4. The summed E-state index contributed by atoms with van der Waals surface area (Å²) in [7, 11) is 0. The van der Waals surface area contributed by atoms with Crippen molar-refractivity contribution in [2.45, 2.75) is 25.9 Å². The van der Waals surface area contributed by atoms with Crippen LogP contribution in [0.25, 0.3) is 0 Å². The van der Waals surface area contributed by atoms with Crippen LogP contribution in [0.3, 0.4) is 0 Å². The standard InChI is InChI=1S/C20H24BrF3N6O/c1-13(31)25-6-7-26-18-17(21)11-27-19(29-18)28-16-3-2-14-4-8-30(12-20(22,23)24)9-5-15(14)10-16/h2-3,10-11H,4-9,12H2,1H3,(H,25,31)(H2,26,27,28,29). The molecule has 168 valence electrons. The monoisotopic (exact) mass is 500 g/mol. The molecular formula is C20H24BrF3N6O. The van der Waals surface area contributed by atoms with Gasteiger partial charge in [0.15, 0.2) is 0 Å². The molecule has 0 radical (unpaired) electrons. The Bertz CT molecular complexity index is 924. The summed E-state index contributed by atoms with van der Waals surface area (Å²) in [4.78, 5) is 21.1. The van der Waals surface area contributed by atoms with Gasteiger partial charge in [-0.1, -0.05) is 6.07 Å². The van der Waals surface area contributed by atoms with E-state index in [1.807, 2.05) is 18.2 Å². The first-order valence-corrected chi connectivity index (χ1v) is 10.7. The van der Waals surface area contributed by atoms with Crippen molar-refractivity contribution in [1.29, 1.82) is 0 Å². The van der Waals surface area contributed by atoms with Gasteiger partial charge < -0.3 is 16.0 Å². The predicted octanol–water partition coefficient (Wildman–Crippen LogP) is 3.49. The lowest BCUT2D eigenvalue weighted by Gasteiger charge is -2.20. The minimum atomic E-state index is -4.18. The molecule has 3 rings (SSSR count). The molecule has 1 aromatic heterocycles. The molecule has 1 aliphatic heterocycles. The van der Waals surface area contributed by atoms with Crippen LogP contribution in [0.5, 0.6) is 0 Å². The number of nitrogens with zero attached hydrogens (tertiary/aromatic N) is 3. The SMILES string of the molecule is CC(=O)NCCNc1nc(Nc2ccc3c(c2)CCN(CC(F)(F)F)CC3)ncc1Br. The molecule has 1 aromatic carbocycles. The van der Waals surface area contributed by atoms with Gasteiger partial charge in [-0.2, -0.15) is 18.2 Å². The van der Waals surface area contributed by atoms with E-state index >= 15 is 0 Å². The number of carbonyl (C=O) groups excluding carboxylic acids is 1. The fourth-order valence-corrected chi connectivity index (χ4v) is 3.69. The van der Waals surface area contributed by atoms with Crippen molar-refractivity contribution in [3.63, 3.8) is 0 Å². The summed E-state index contributed by atoms with van der Waals surface area (Å²) in [5.41, 5.74) is 2.86. The van der Waals surface area contributed by atoms with Gasteiger partial charge in [-0.3, -0.25) is 9.69 Å². The molecule has 0 fully saturated rings. The molecule has 0 saturated carbocycles. The lowest BCUT2D eigenvalue weighted by Crippen LogP contribution is -2.35. The Labute approximate surface area is 187 Å². The Morgan fingerprint density at radius 3 is 2.65 bits per heavy atom. The number of fused-ring (bicyclic) bond motifs is 1. The maximum Gasteiger partial charge on any atom is 0.401 e.